The van der Waals surface area contributed by atoms with Gasteiger partial charge in [0.2, 0.25) is 0 Å². The maximum atomic E-state index is 12.2. The summed E-state index contributed by atoms with van der Waals surface area (Å²) < 4.78 is 31.9. The summed E-state index contributed by atoms with van der Waals surface area (Å²) in [5.41, 5.74) is 2.57. The summed E-state index contributed by atoms with van der Waals surface area (Å²) in [5.74, 6) is 0.112. The van der Waals surface area contributed by atoms with Crippen molar-refractivity contribution < 1.29 is 13.5 Å². The fourth-order valence-corrected chi connectivity index (χ4v) is 2.77. The maximum Gasteiger partial charge on any atom is 0.387 e. The van der Waals surface area contributed by atoms with E-state index in [4.69, 9.17) is 12.2 Å². The monoisotopic (exact) mass is 370 g/mol. The quantitative estimate of drug-likeness (QED) is 0.653. The molecule has 3 nitrogen and oxygen atoms in total. The van der Waals surface area contributed by atoms with Gasteiger partial charge in [-0.1, -0.05) is 15.9 Å². The molecule has 0 saturated heterocycles. The molecule has 0 aliphatic carbocycles. The number of nitrogens with one attached hydrogen (secondary N) is 1. The summed E-state index contributed by atoms with van der Waals surface area (Å²) in [7, 11) is 0. The Kier molecular flexibility index (Phi) is 3.77. The summed E-state index contributed by atoms with van der Waals surface area (Å²) >= 11 is 8.74. The lowest BCUT2D eigenvalue weighted by Gasteiger charge is -2.07. The Labute approximate surface area is 132 Å². The Bertz CT molecular complexity index is 842. The van der Waals surface area contributed by atoms with Crippen molar-refractivity contribution in [1.82, 2.24) is 9.55 Å². The number of nitrogens with zero attached hydrogens (tertiary/aromatic N) is 1. The minimum atomic E-state index is -2.83. The molecule has 1 aromatic heterocycles. The highest BCUT2D eigenvalue weighted by Crippen LogP contribution is 2.24. The fourth-order valence-electron chi connectivity index (χ4n) is 2.11. The average Bonchev–Trinajstić information content (AvgIpc) is 2.74. The number of fused-ring (bicyclic) bond motifs is 1. The van der Waals surface area contributed by atoms with Crippen LogP contribution in [0.3, 0.4) is 0 Å². The van der Waals surface area contributed by atoms with Crippen LogP contribution < -0.4 is 4.74 Å². The van der Waals surface area contributed by atoms with Crippen molar-refractivity contribution in [3.05, 3.63) is 51.7 Å². The molecule has 7 heteroatoms. The fraction of sp³-hybridized carbons (Fsp3) is 0.0714. The Morgan fingerprint density at radius 2 is 1.86 bits per heavy atom. The van der Waals surface area contributed by atoms with Crippen LogP contribution in [-0.2, 0) is 0 Å². The Morgan fingerprint density at radius 3 is 2.52 bits per heavy atom. The van der Waals surface area contributed by atoms with Gasteiger partial charge in [0.05, 0.1) is 11.0 Å². The number of benzene rings is 2. The van der Waals surface area contributed by atoms with Gasteiger partial charge in [-0.3, -0.25) is 4.57 Å². The molecule has 108 valence electrons. The van der Waals surface area contributed by atoms with E-state index >= 15 is 0 Å². The van der Waals surface area contributed by atoms with Crippen LogP contribution in [0.15, 0.2) is 46.9 Å². The zero-order chi connectivity index (χ0) is 15.0. The molecule has 0 amide bonds. The van der Waals surface area contributed by atoms with Crippen LogP contribution >= 0.6 is 28.1 Å². The minimum Gasteiger partial charge on any atom is -0.435 e. The SMILES string of the molecule is FC(F)Oc1ccc(-n2c(=S)[nH]c3ccc(Br)cc32)cc1. The molecule has 0 atom stereocenters. The second-order valence-electron chi connectivity index (χ2n) is 4.30. The molecule has 0 fully saturated rings. The number of H-pyrrole nitrogens is 1. The van der Waals surface area contributed by atoms with Crippen LogP contribution in [0.4, 0.5) is 8.78 Å². The molecule has 21 heavy (non-hydrogen) atoms. The van der Waals surface area contributed by atoms with Crippen LogP contribution in [0.5, 0.6) is 5.75 Å². The van der Waals surface area contributed by atoms with Gasteiger partial charge < -0.3 is 9.72 Å². The number of imidazole rings is 1. The number of aromatic amines is 1. The predicted molar refractivity (Wildman–Crippen MR) is 82.8 cm³/mol. The molecule has 1 heterocycles. The van der Waals surface area contributed by atoms with Gasteiger partial charge in [-0.15, -0.1) is 0 Å². The molecule has 2 aromatic carbocycles. The summed E-state index contributed by atoms with van der Waals surface area (Å²) in [4.78, 5) is 3.11. The van der Waals surface area contributed by atoms with E-state index in [1.165, 1.54) is 12.1 Å². The molecule has 0 saturated carbocycles. The predicted octanol–water partition coefficient (Wildman–Crippen LogP) is 5.05. The second-order valence-corrected chi connectivity index (χ2v) is 5.60. The van der Waals surface area contributed by atoms with Crippen molar-refractivity contribution in [1.29, 1.82) is 0 Å². The van der Waals surface area contributed by atoms with E-state index in [0.29, 0.717) is 4.77 Å². The number of rotatable bonds is 3. The van der Waals surface area contributed by atoms with Crippen LogP contribution in [0, 0.1) is 4.77 Å². The van der Waals surface area contributed by atoms with E-state index in [2.05, 4.69) is 25.7 Å². The smallest absolute Gasteiger partial charge is 0.387 e. The lowest BCUT2D eigenvalue weighted by molar-refractivity contribution is -0.0498. The molecular weight excluding hydrogens is 362 g/mol. The molecule has 0 radical (unpaired) electrons. The van der Waals surface area contributed by atoms with Gasteiger partial charge >= 0.3 is 6.61 Å². The molecule has 3 rings (SSSR count). The third kappa shape index (κ3) is 2.84. The van der Waals surface area contributed by atoms with E-state index in [9.17, 15) is 8.78 Å². The van der Waals surface area contributed by atoms with Gasteiger partial charge in [-0.2, -0.15) is 8.78 Å². The maximum absolute atomic E-state index is 12.2. The molecular formula is C14H9BrF2N2OS. The normalized spacial score (nSPS) is 11.2. The van der Waals surface area contributed by atoms with E-state index < -0.39 is 6.61 Å². The summed E-state index contributed by atoms with van der Waals surface area (Å²) in [5, 5.41) is 0. The minimum absolute atomic E-state index is 0.112. The van der Waals surface area contributed by atoms with Crippen molar-refractivity contribution >= 4 is 39.2 Å². The van der Waals surface area contributed by atoms with Crippen molar-refractivity contribution in [3.8, 4) is 11.4 Å². The zero-order valence-electron chi connectivity index (χ0n) is 10.5. The van der Waals surface area contributed by atoms with Crippen molar-refractivity contribution in [2.24, 2.45) is 0 Å². The number of hydrogen-bond acceptors (Lipinski definition) is 2. The van der Waals surface area contributed by atoms with Crippen LogP contribution in [0.25, 0.3) is 16.7 Å². The molecule has 0 aliphatic heterocycles. The number of aromatic nitrogens is 2. The number of halogens is 3. The highest BCUT2D eigenvalue weighted by molar-refractivity contribution is 9.10. The lowest BCUT2D eigenvalue weighted by atomic mass is 10.2. The number of alkyl halides is 2. The molecule has 1 N–H and O–H groups in total. The van der Waals surface area contributed by atoms with E-state index in [0.717, 1.165) is 21.2 Å². The van der Waals surface area contributed by atoms with Gasteiger partial charge in [0.1, 0.15) is 5.75 Å². The highest BCUT2D eigenvalue weighted by Gasteiger charge is 2.08. The molecule has 0 bridgehead atoms. The highest BCUT2D eigenvalue weighted by atomic mass is 79.9. The molecule has 0 aliphatic rings. The Hall–Kier alpha value is -1.73. The lowest BCUT2D eigenvalue weighted by Crippen LogP contribution is -2.02. The van der Waals surface area contributed by atoms with Crippen molar-refractivity contribution in [2.45, 2.75) is 6.61 Å². The van der Waals surface area contributed by atoms with Crippen LogP contribution in [0.2, 0.25) is 0 Å². The van der Waals surface area contributed by atoms with Gasteiger partial charge in [-0.25, -0.2) is 0 Å². The zero-order valence-corrected chi connectivity index (χ0v) is 12.9. The third-order valence-electron chi connectivity index (χ3n) is 2.97. The van der Waals surface area contributed by atoms with Gasteiger partial charge in [0, 0.05) is 10.2 Å². The largest absolute Gasteiger partial charge is 0.435 e. The standard InChI is InChI=1S/C14H9BrF2N2OS/c15-8-1-6-11-12(7-8)19(14(21)18-11)9-2-4-10(5-3-9)20-13(16)17/h1-7,13H,(H,18,21). The summed E-state index contributed by atoms with van der Waals surface area (Å²) in [6, 6.07) is 12.1. The first-order chi connectivity index (χ1) is 10.0. The molecule has 3 aromatic rings. The van der Waals surface area contributed by atoms with E-state index in [1.54, 1.807) is 12.1 Å². The number of ether oxygens (including phenoxy) is 1. The van der Waals surface area contributed by atoms with E-state index in [-0.39, 0.29) is 5.75 Å². The summed E-state index contributed by atoms with van der Waals surface area (Å²) in [6.45, 7) is -2.83. The second kappa shape index (κ2) is 5.57. The van der Waals surface area contributed by atoms with Gasteiger partial charge in [-0.05, 0) is 54.7 Å². The van der Waals surface area contributed by atoms with Gasteiger partial charge in [0.15, 0.2) is 4.77 Å². The topological polar surface area (TPSA) is 29.9 Å². The van der Waals surface area contributed by atoms with Crippen LogP contribution in [-0.4, -0.2) is 16.2 Å². The Balaban J connectivity index is 2.09. The third-order valence-corrected chi connectivity index (χ3v) is 3.74. The average molecular weight is 371 g/mol. The Morgan fingerprint density at radius 1 is 1.14 bits per heavy atom. The van der Waals surface area contributed by atoms with Gasteiger partial charge in [0.25, 0.3) is 0 Å². The molecule has 0 spiro atoms. The number of hydrogen-bond donors (Lipinski definition) is 1. The van der Waals surface area contributed by atoms with Crippen molar-refractivity contribution in [2.75, 3.05) is 0 Å². The summed E-state index contributed by atoms with van der Waals surface area (Å²) in [6.07, 6.45) is 0. The van der Waals surface area contributed by atoms with Crippen LogP contribution in [0.1, 0.15) is 0 Å². The van der Waals surface area contributed by atoms with E-state index in [1.807, 2.05) is 22.8 Å². The van der Waals surface area contributed by atoms with Crippen molar-refractivity contribution in [3.63, 3.8) is 0 Å². The molecule has 0 unspecified atom stereocenters. The first-order valence-electron chi connectivity index (χ1n) is 6.00. The first-order valence-corrected chi connectivity index (χ1v) is 7.20. The first kappa shape index (κ1) is 14.2.